The summed E-state index contributed by atoms with van der Waals surface area (Å²) in [5.74, 6) is 0. The Morgan fingerprint density at radius 1 is 1.15 bits per heavy atom. The third-order valence-corrected chi connectivity index (χ3v) is 2.83. The van der Waals surface area contributed by atoms with Crippen LogP contribution in [-0.4, -0.2) is 23.9 Å². The van der Waals surface area contributed by atoms with Gasteiger partial charge in [0.05, 0.1) is 13.2 Å². The molecule has 0 aromatic rings. The van der Waals surface area contributed by atoms with Crippen LogP contribution in [0.1, 0.15) is 51.9 Å². The fourth-order valence-corrected chi connectivity index (χ4v) is 1.64. The number of epoxide rings is 1. The van der Waals surface area contributed by atoms with Crippen molar-refractivity contribution in [2.75, 3.05) is 13.2 Å². The van der Waals surface area contributed by atoms with Gasteiger partial charge in [0, 0.05) is 0 Å². The molecule has 1 rings (SSSR count). The lowest BCUT2D eigenvalue weighted by atomic mass is 10.0. The quantitative estimate of drug-likeness (QED) is 0.466. The summed E-state index contributed by atoms with van der Waals surface area (Å²) in [5.41, 5.74) is -0.106. The summed E-state index contributed by atoms with van der Waals surface area (Å²) in [6.07, 6.45) is 8.94. The average molecular weight is 186 g/mol. The van der Waals surface area contributed by atoms with Crippen LogP contribution < -0.4 is 0 Å². The third kappa shape index (κ3) is 4.10. The van der Waals surface area contributed by atoms with Crippen molar-refractivity contribution in [3.63, 3.8) is 0 Å². The van der Waals surface area contributed by atoms with Gasteiger partial charge in [-0.05, 0) is 6.42 Å². The zero-order valence-corrected chi connectivity index (χ0v) is 8.72. The highest BCUT2D eigenvalue weighted by Gasteiger charge is 2.43. The molecule has 0 amide bonds. The van der Waals surface area contributed by atoms with Gasteiger partial charge in [-0.25, -0.2) is 0 Å². The molecule has 0 saturated carbocycles. The molecule has 1 aliphatic rings. The molecule has 1 aliphatic heterocycles. The van der Waals surface area contributed by atoms with Gasteiger partial charge in [-0.2, -0.15) is 0 Å². The molecule has 1 heterocycles. The predicted molar refractivity (Wildman–Crippen MR) is 53.8 cm³/mol. The highest BCUT2D eigenvalue weighted by atomic mass is 16.6. The molecule has 1 fully saturated rings. The summed E-state index contributed by atoms with van der Waals surface area (Å²) in [6, 6.07) is 0. The van der Waals surface area contributed by atoms with Crippen molar-refractivity contribution >= 4 is 0 Å². The summed E-state index contributed by atoms with van der Waals surface area (Å²) < 4.78 is 5.22. The van der Waals surface area contributed by atoms with Crippen LogP contribution in [0.5, 0.6) is 0 Å². The van der Waals surface area contributed by atoms with Gasteiger partial charge in [-0.15, -0.1) is 0 Å². The molecule has 0 unspecified atom stereocenters. The van der Waals surface area contributed by atoms with Crippen molar-refractivity contribution < 1.29 is 9.84 Å². The lowest BCUT2D eigenvalue weighted by Crippen LogP contribution is -2.15. The van der Waals surface area contributed by atoms with Gasteiger partial charge in [0.25, 0.3) is 0 Å². The molecule has 1 N–H and O–H groups in total. The molecule has 2 nitrogen and oxygen atoms in total. The first kappa shape index (κ1) is 11.0. The van der Waals surface area contributed by atoms with Crippen LogP contribution >= 0.6 is 0 Å². The average Bonchev–Trinajstić information content (AvgIpc) is 2.92. The topological polar surface area (TPSA) is 32.8 Å². The van der Waals surface area contributed by atoms with Crippen molar-refractivity contribution in [1.29, 1.82) is 0 Å². The fourth-order valence-electron chi connectivity index (χ4n) is 1.64. The summed E-state index contributed by atoms with van der Waals surface area (Å²) in [4.78, 5) is 0. The Balaban J connectivity index is 1.84. The van der Waals surface area contributed by atoms with E-state index in [1.54, 1.807) is 0 Å². The summed E-state index contributed by atoms with van der Waals surface area (Å²) >= 11 is 0. The van der Waals surface area contributed by atoms with Gasteiger partial charge < -0.3 is 9.84 Å². The van der Waals surface area contributed by atoms with Crippen molar-refractivity contribution in [2.45, 2.75) is 57.5 Å². The number of aliphatic hydroxyl groups excluding tert-OH is 1. The van der Waals surface area contributed by atoms with E-state index < -0.39 is 0 Å². The standard InChI is InChI=1S/C11H22O2/c1-2-3-4-5-6-7-8-11(9-12)10-13-11/h12H,2-10H2,1H3/t11-/m1/s1. The lowest BCUT2D eigenvalue weighted by Gasteiger charge is -2.06. The van der Waals surface area contributed by atoms with Gasteiger partial charge in [0.2, 0.25) is 0 Å². The number of hydrogen-bond acceptors (Lipinski definition) is 2. The molecular formula is C11H22O2. The Morgan fingerprint density at radius 2 is 1.77 bits per heavy atom. The van der Waals surface area contributed by atoms with E-state index in [-0.39, 0.29) is 12.2 Å². The second kappa shape index (κ2) is 5.61. The zero-order valence-electron chi connectivity index (χ0n) is 8.72. The number of aliphatic hydroxyl groups is 1. The molecule has 0 aliphatic carbocycles. The van der Waals surface area contributed by atoms with Gasteiger partial charge in [0.1, 0.15) is 5.60 Å². The third-order valence-electron chi connectivity index (χ3n) is 2.83. The highest BCUT2D eigenvalue weighted by Crippen LogP contribution is 2.32. The minimum atomic E-state index is -0.106. The number of hydrogen-bond donors (Lipinski definition) is 1. The van der Waals surface area contributed by atoms with Crippen molar-refractivity contribution in [3.8, 4) is 0 Å². The van der Waals surface area contributed by atoms with E-state index >= 15 is 0 Å². The Labute approximate surface area is 81.3 Å². The summed E-state index contributed by atoms with van der Waals surface area (Å²) in [5, 5.41) is 8.97. The van der Waals surface area contributed by atoms with Crippen LogP contribution in [0.4, 0.5) is 0 Å². The van der Waals surface area contributed by atoms with Crippen LogP contribution in [-0.2, 0) is 4.74 Å². The normalized spacial score (nSPS) is 26.3. The minimum Gasteiger partial charge on any atom is -0.393 e. The van der Waals surface area contributed by atoms with Gasteiger partial charge in [0.15, 0.2) is 0 Å². The maximum atomic E-state index is 8.97. The van der Waals surface area contributed by atoms with E-state index in [1.165, 1.54) is 38.5 Å². The fraction of sp³-hybridized carbons (Fsp3) is 1.00. The number of rotatable bonds is 8. The highest BCUT2D eigenvalue weighted by molar-refractivity contribution is 4.90. The first-order chi connectivity index (χ1) is 6.33. The van der Waals surface area contributed by atoms with Crippen LogP contribution in [0.2, 0.25) is 0 Å². The molecule has 2 heteroatoms. The first-order valence-electron chi connectivity index (χ1n) is 5.58. The van der Waals surface area contributed by atoms with E-state index in [0.717, 1.165) is 13.0 Å². The molecule has 78 valence electrons. The monoisotopic (exact) mass is 186 g/mol. The Morgan fingerprint density at radius 3 is 2.31 bits per heavy atom. The summed E-state index contributed by atoms with van der Waals surface area (Å²) in [6.45, 7) is 3.22. The Bertz CT molecular complexity index is 130. The minimum absolute atomic E-state index is 0.106. The van der Waals surface area contributed by atoms with Crippen LogP contribution in [0.15, 0.2) is 0 Å². The van der Waals surface area contributed by atoms with E-state index in [1.807, 2.05) is 0 Å². The second-order valence-corrected chi connectivity index (χ2v) is 4.15. The van der Waals surface area contributed by atoms with E-state index in [0.29, 0.717) is 0 Å². The maximum absolute atomic E-state index is 8.97. The lowest BCUT2D eigenvalue weighted by molar-refractivity contribution is 0.161. The maximum Gasteiger partial charge on any atom is 0.115 e. The largest absolute Gasteiger partial charge is 0.393 e. The zero-order chi connectivity index (χ0) is 9.57. The van der Waals surface area contributed by atoms with E-state index in [4.69, 9.17) is 9.84 Å². The first-order valence-corrected chi connectivity index (χ1v) is 5.58. The van der Waals surface area contributed by atoms with E-state index in [9.17, 15) is 0 Å². The number of unbranched alkanes of at least 4 members (excludes halogenated alkanes) is 5. The van der Waals surface area contributed by atoms with Crippen molar-refractivity contribution in [1.82, 2.24) is 0 Å². The molecule has 0 radical (unpaired) electrons. The van der Waals surface area contributed by atoms with Gasteiger partial charge in [-0.3, -0.25) is 0 Å². The molecule has 0 spiro atoms. The van der Waals surface area contributed by atoms with Crippen LogP contribution in [0.25, 0.3) is 0 Å². The molecule has 0 aromatic carbocycles. The molecule has 1 atom stereocenters. The Hall–Kier alpha value is -0.0800. The molecular weight excluding hydrogens is 164 g/mol. The molecule has 0 bridgehead atoms. The van der Waals surface area contributed by atoms with E-state index in [2.05, 4.69) is 6.92 Å². The van der Waals surface area contributed by atoms with Crippen molar-refractivity contribution in [2.24, 2.45) is 0 Å². The smallest absolute Gasteiger partial charge is 0.115 e. The van der Waals surface area contributed by atoms with Crippen LogP contribution in [0, 0.1) is 0 Å². The Kier molecular flexibility index (Phi) is 4.74. The molecule has 1 saturated heterocycles. The van der Waals surface area contributed by atoms with Gasteiger partial charge >= 0.3 is 0 Å². The van der Waals surface area contributed by atoms with Crippen LogP contribution in [0.3, 0.4) is 0 Å². The van der Waals surface area contributed by atoms with Gasteiger partial charge in [-0.1, -0.05) is 45.4 Å². The van der Waals surface area contributed by atoms with Crippen molar-refractivity contribution in [3.05, 3.63) is 0 Å². The SMILES string of the molecule is CCCCCCCC[C@@]1(CO)CO1. The molecule has 0 aromatic heterocycles. The predicted octanol–water partition coefficient (Wildman–Crippen LogP) is 2.50. The summed E-state index contributed by atoms with van der Waals surface area (Å²) in [7, 11) is 0. The second-order valence-electron chi connectivity index (χ2n) is 4.15. The number of ether oxygens (including phenoxy) is 1. The molecule has 13 heavy (non-hydrogen) atoms.